The molecule has 1 amide bonds. The average Bonchev–Trinajstić information content (AvgIpc) is 3.06. The molecular weight excluding hydrogens is 347 g/mol. The van der Waals surface area contributed by atoms with Gasteiger partial charge >= 0.3 is 0 Å². The van der Waals surface area contributed by atoms with E-state index in [9.17, 15) is 4.79 Å². The minimum atomic E-state index is -0.193. The van der Waals surface area contributed by atoms with Gasteiger partial charge in [-0.3, -0.25) is 14.7 Å². The van der Waals surface area contributed by atoms with Crippen molar-refractivity contribution in [2.24, 2.45) is 4.99 Å². The SMILES string of the molecule is N#Cc1ccc(C(=O)N2CCN=C2Nc2cccc(Cl)c2Cl)cc1. The third-order valence-electron chi connectivity index (χ3n) is 3.55. The molecule has 2 aromatic carbocycles. The maximum atomic E-state index is 12.7. The lowest BCUT2D eigenvalue weighted by Gasteiger charge is -2.20. The van der Waals surface area contributed by atoms with Gasteiger partial charge in [0.2, 0.25) is 5.96 Å². The Morgan fingerprint density at radius 2 is 1.96 bits per heavy atom. The molecule has 120 valence electrons. The second kappa shape index (κ2) is 6.91. The van der Waals surface area contributed by atoms with Gasteiger partial charge in [-0.25, -0.2) is 0 Å². The van der Waals surface area contributed by atoms with Crippen molar-refractivity contribution in [1.82, 2.24) is 4.90 Å². The summed E-state index contributed by atoms with van der Waals surface area (Å²) in [6.45, 7) is 0.974. The predicted octanol–water partition coefficient (Wildman–Crippen LogP) is 3.79. The molecule has 5 nitrogen and oxygen atoms in total. The van der Waals surface area contributed by atoms with Crippen molar-refractivity contribution < 1.29 is 4.79 Å². The zero-order valence-corrected chi connectivity index (χ0v) is 14.0. The molecule has 0 saturated carbocycles. The molecule has 24 heavy (non-hydrogen) atoms. The maximum Gasteiger partial charge on any atom is 0.260 e. The average molecular weight is 359 g/mol. The van der Waals surface area contributed by atoms with E-state index >= 15 is 0 Å². The third-order valence-corrected chi connectivity index (χ3v) is 4.36. The summed E-state index contributed by atoms with van der Waals surface area (Å²) in [6.07, 6.45) is 0. The molecule has 0 aliphatic carbocycles. The first-order valence-electron chi connectivity index (χ1n) is 7.17. The maximum absolute atomic E-state index is 12.7. The van der Waals surface area contributed by atoms with Crippen molar-refractivity contribution in [1.29, 1.82) is 5.26 Å². The topological polar surface area (TPSA) is 68.5 Å². The van der Waals surface area contributed by atoms with E-state index in [2.05, 4.69) is 10.3 Å². The highest BCUT2D eigenvalue weighted by atomic mass is 35.5. The van der Waals surface area contributed by atoms with E-state index in [4.69, 9.17) is 28.5 Å². The fourth-order valence-electron chi connectivity index (χ4n) is 2.32. The molecule has 0 unspecified atom stereocenters. The van der Waals surface area contributed by atoms with Crippen LogP contribution in [-0.2, 0) is 0 Å². The second-order valence-electron chi connectivity index (χ2n) is 5.08. The standard InChI is InChI=1S/C17H12Cl2N4O/c18-13-2-1-3-14(15(13)19)22-17-21-8-9-23(17)16(24)12-6-4-11(10-20)5-7-12/h1-7H,8-9H2,(H,21,22). The summed E-state index contributed by atoms with van der Waals surface area (Å²) < 4.78 is 0. The Morgan fingerprint density at radius 3 is 2.67 bits per heavy atom. The molecule has 0 saturated heterocycles. The zero-order chi connectivity index (χ0) is 17.1. The number of nitrogens with zero attached hydrogens (tertiary/aromatic N) is 3. The Kier molecular flexibility index (Phi) is 4.70. The normalized spacial score (nSPS) is 13.4. The summed E-state index contributed by atoms with van der Waals surface area (Å²) in [5.74, 6) is 0.231. The first kappa shape index (κ1) is 16.3. The third kappa shape index (κ3) is 3.21. The first-order chi connectivity index (χ1) is 11.6. The van der Waals surface area contributed by atoms with Gasteiger partial charge in [-0.05, 0) is 36.4 Å². The number of hydrogen-bond acceptors (Lipinski definition) is 4. The Morgan fingerprint density at radius 1 is 1.21 bits per heavy atom. The van der Waals surface area contributed by atoms with Crippen LogP contribution in [0.15, 0.2) is 47.5 Å². The Balaban J connectivity index is 1.81. The van der Waals surface area contributed by atoms with Crippen LogP contribution in [0.3, 0.4) is 0 Å². The molecule has 7 heteroatoms. The van der Waals surface area contributed by atoms with Crippen molar-refractivity contribution in [2.45, 2.75) is 0 Å². The summed E-state index contributed by atoms with van der Waals surface area (Å²) in [5.41, 5.74) is 1.58. The molecule has 2 aromatic rings. The van der Waals surface area contributed by atoms with E-state index in [1.54, 1.807) is 47.4 Å². The molecule has 0 atom stereocenters. The van der Waals surface area contributed by atoms with E-state index in [1.807, 2.05) is 6.07 Å². The number of anilines is 1. The van der Waals surface area contributed by atoms with Gasteiger partial charge in [-0.2, -0.15) is 5.26 Å². The fraction of sp³-hybridized carbons (Fsp3) is 0.118. The van der Waals surface area contributed by atoms with Crippen molar-refractivity contribution in [3.63, 3.8) is 0 Å². The van der Waals surface area contributed by atoms with E-state index in [0.717, 1.165) is 0 Å². The quantitative estimate of drug-likeness (QED) is 0.887. The smallest absolute Gasteiger partial charge is 0.260 e. The molecule has 1 aliphatic rings. The largest absolute Gasteiger partial charge is 0.324 e. The molecule has 1 heterocycles. The van der Waals surface area contributed by atoms with Gasteiger partial charge < -0.3 is 5.32 Å². The highest BCUT2D eigenvalue weighted by Crippen LogP contribution is 2.30. The molecule has 0 bridgehead atoms. The molecule has 0 aromatic heterocycles. The molecule has 0 radical (unpaired) electrons. The van der Waals surface area contributed by atoms with Gasteiger partial charge in [0.25, 0.3) is 5.91 Å². The molecule has 0 spiro atoms. The minimum Gasteiger partial charge on any atom is -0.324 e. The summed E-state index contributed by atoms with van der Waals surface area (Å²) in [5, 5.41) is 12.7. The van der Waals surface area contributed by atoms with E-state index in [0.29, 0.717) is 45.9 Å². The van der Waals surface area contributed by atoms with Crippen molar-refractivity contribution in [3.05, 3.63) is 63.6 Å². The molecule has 3 rings (SSSR count). The van der Waals surface area contributed by atoms with Crippen LogP contribution in [0.2, 0.25) is 10.0 Å². The van der Waals surface area contributed by atoms with E-state index in [-0.39, 0.29) is 5.91 Å². The van der Waals surface area contributed by atoms with Gasteiger partial charge in [-0.15, -0.1) is 0 Å². The number of carbonyl (C=O) groups excluding carboxylic acids is 1. The Bertz CT molecular complexity index is 856. The number of amides is 1. The van der Waals surface area contributed by atoms with Crippen LogP contribution in [0.1, 0.15) is 15.9 Å². The lowest BCUT2D eigenvalue weighted by atomic mass is 10.1. The van der Waals surface area contributed by atoms with Crippen molar-refractivity contribution in [3.8, 4) is 6.07 Å². The molecule has 1 N–H and O–H groups in total. The van der Waals surface area contributed by atoms with Crippen molar-refractivity contribution >= 4 is 40.8 Å². The van der Waals surface area contributed by atoms with Gasteiger partial charge in [0.05, 0.1) is 33.9 Å². The highest BCUT2D eigenvalue weighted by molar-refractivity contribution is 6.44. The number of nitrogens with one attached hydrogen (secondary N) is 1. The lowest BCUT2D eigenvalue weighted by molar-refractivity contribution is 0.0858. The number of rotatable bonds is 2. The number of aliphatic imine (C=N–C) groups is 1. The van der Waals surface area contributed by atoms with Crippen molar-refractivity contribution in [2.75, 3.05) is 18.4 Å². The number of nitriles is 1. The predicted molar refractivity (Wildman–Crippen MR) is 94.6 cm³/mol. The number of benzene rings is 2. The highest BCUT2D eigenvalue weighted by Gasteiger charge is 2.25. The van der Waals surface area contributed by atoms with E-state index < -0.39 is 0 Å². The van der Waals surface area contributed by atoms with Crippen LogP contribution in [0, 0.1) is 11.3 Å². The van der Waals surface area contributed by atoms with Crippen LogP contribution >= 0.6 is 23.2 Å². The lowest BCUT2D eigenvalue weighted by Crippen LogP contribution is -2.38. The first-order valence-corrected chi connectivity index (χ1v) is 7.93. The van der Waals surface area contributed by atoms with Gasteiger partial charge in [0, 0.05) is 12.1 Å². The zero-order valence-electron chi connectivity index (χ0n) is 12.5. The van der Waals surface area contributed by atoms with Crippen LogP contribution < -0.4 is 5.32 Å². The molecule has 0 fully saturated rings. The van der Waals surface area contributed by atoms with Crippen LogP contribution in [0.5, 0.6) is 0 Å². The summed E-state index contributed by atoms with van der Waals surface area (Å²) in [6, 6.07) is 13.7. The summed E-state index contributed by atoms with van der Waals surface area (Å²) >= 11 is 12.2. The van der Waals surface area contributed by atoms with E-state index in [1.165, 1.54) is 0 Å². The fourth-order valence-corrected chi connectivity index (χ4v) is 2.66. The minimum absolute atomic E-state index is 0.193. The Labute approximate surface area is 149 Å². The van der Waals surface area contributed by atoms with Crippen LogP contribution in [0.4, 0.5) is 5.69 Å². The van der Waals surface area contributed by atoms with Gasteiger partial charge in [0.1, 0.15) is 0 Å². The van der Waals surface area contributed by atoms with Gasteiger partial charge in [-0.1, -0.05) is 29.3 Å². The number of halogens is 2. The summed E-state index contributed by atoms with van der Waals surface area (Å²) in [4.78, 5) is 18.5. The van der Waals surface area contributed by atoms with Crippen LogP contribution in [0.25, 0.3) is 0 Å². The molecule has 1 aliphatic heterocycles. The summed E-state index contributed by atoms with van der Waals surface area (Å²) in [7, 11) is 0. The molecular formula is C17H12Cl2N4O. The van der Waals surface area contributed by atoms with Crippen LogP contribution in [-0.4, -0.2) is 29.9 Å². The Hall–Kier alpha value is -2.55. The monoisotopic (exact) mass is 358 g/mol. The number of carbonyl (C=O) groups is 1. The number of hydrogen-bond donors (Lipinski definition) is 1. The second-order valence-corrected chi connectivity index (χ2v) is 5.86. The van der Waals surface area contributed by atoms with Gasteiger partial charge in [0.15, 0.2) is 0 Å². The number of guanidine groups is 1.